The van der Waals surface area contributed by atoms with E-state index in [1.807, 2.05) is 25.1 Å². The first-order valence-corrected chi connectivity index (χ1v) is 7.54. The predicted molar refractivity (Wildman–Crippen MR) is 81.1 cm³/mol. The first-order chi connectivity index (χ1) is 9.95. The summed E-state index contributed by atoms with van der Waals surface area (Å²) in [6.45, 7) is 4.11. The van der Waals surface area contributed by atoms with E-state index in [0.717, 1.165) is 30.4 Å². The SMILES string of the molecule is Cc1cccc(C2(C(=O)NCCC(C)C(=O)O)CCC2)c1. The molecule has 2 N–H and O–H groups in total. The Kier molecular flexibility index (Phi) is 4.66. The van der Waals surface area contributed by atoms with E-state index in [0.29, 0.717) is 13.0 Å². The van der Waals surface area contributed by atoms with Gasteiger partial charge in [0.2, 0.25) is 5.91 Å². The fourth-order valence-corrected chi connectivity index (χ4v) is 2.81. The second-order valence-corrected chi connectivity index (χ2v) is 6.09. The Bertz CT molecular complexity index is 535. The maximum absolute atomic E-state index is 12.6. The van der Waals surface area contributed by atoms with Gasteiger partial charge in [0.1, 0.15) is 0 Å². The summed E-state index contributed by atoms with van der Waals surface area (Å²) in [4.78, 5) is 23.3. The molecule has 21 heavy (non-hydrogen) atoms. The molecule has 4 heteroatoms. The van der Waals surface area contributed by atoms with E-state index in [9.17, 15) is 9.59 Å². The molecule has 0 spiro atoms. The van der Waals surface area contributed by atoms with Crippen molar-refractivity contribution in [2.24, 2.45) is 5.92 Å². The van der Waals surface area contributed by atoms with Gasteiger partial charge in [0.15, 0.2) is 0 Å². The number of carboxylic acid groups (broad SMARTS) is 1. The van der Waals surface area contributed by atoms with Gasteiger partial charge in [-0.25, -0.2) is 0 Å². The summed E-state index contributed by atoms with van der Waals surface area (Å²) in [7, 11) is 0. The van der Waals surface area contributed by atoms with Crippen LogP contribution < -0.4 is 5.32 Å². The summed E-state index contributed by atoms with van der Waals surface area (Å²) in [6.07, 6.45) is 3.27. The van der Waals surface area contributed by atoms with Gasteiger partial charge in [-0.3, -0.25) is 9.59 Å². The van der Waals surface area contributed by atoms with Crippen molar-refractivity contribution in [2.45, 2.75) is 44.9 Å². The van der Waals surface area contributed by atoms with Crippen LogP contribution in [-0.2, 0) is 15.0 Å². The Balaban J connectivity index is 2.00. The third-order valence-electron chi connectivity index (χ3n) is 4.50. The lowest BCUT2D eigenvalue weighted by Crippen LogP contribution is -2.49. The molecule has 4 nitrogen and oxygen atoms in total. The number of rotatable bonds is 6. The zero-order chi connectivity index (χ0) is 15.5. The molecule has 0 aliphatic heterocycles. The number of aryl methyl sites for hydroxylation is 1. The van der Waals surface area contributed by atoms with Crippen molar-refractivity contribution in [3.05, 3.63) is 35.4 Å². The Labute approximate surface area is 125 Å². The summed E-state index contributed by atoms with van der Waals surface area (Å²) >= 11 is 0. The van der Waals surface area contributed by atoms with E-state index in [4.69, 9.17) is 5.11 Å². The van der Waals surface area contributed by atoms with Crippen LogP contribution in [-0.4, -0.2) is 23.5 Å². The minimum atomic E-state index is -0.818. The Hall–Kier alpha value is -1.84. The highest BCUT2D eigenvalue weighted by Gasteiger charge is 2.45. The molecule has 0 saturated heterocycles. The number of carboxylic acids is 1. The van der Waals surface area contributed by atoms with Gasteiger partial charge in [-0.1, -0.05) is 43.2 Å². The second kappa shape index (κ2) is 6.29. The number of aliphatic carboxylic acids is 1. The quantitative estimate of drug-likeness (QED) is 0.846. The number of carbonyl (C=O) groups is 2. The summed E-state index contributed by atoms with van der Waals surface area (Å²) in [5.41, 5.74) is 1.84. The molecule has 1 aromatic carbocycles. The van der Waals surface area contributed by atoms with Gasteiger partial charge < -0.3 is 10.4 Å². The number of amides is 1. The highest BCUT2D eigenvalue weighted by atomic mass is 16.4. The van der Waals surface area contributed by atoms with Gasteiger partial charge in [0, 0.05) is 6.54 Å². The van der Waals surface area contributed by atoms with Crippen LogP contribution in [0, 0.1) is 12.8 Å². The minimum absolute atomic E-state index is 0.0388. The Morgan fingerprint density at radius 1 is 1.38 bits per heavy atom. The fourth-order valence-electron chi connectivity index (χ4n) is 2.81. The van der Waals surface area contributed by atoms with Gasteiger partial charge in [-0.15, -0.1) is 0 Å². The van der Waals surface area contributed by atoms with Crippen LogP contribution >= 0.6 is 0 Å². The predicted octanol–water partition coefficient (Wildman–Crippen LogP) is 2.64. The van der Waals surface area contributed by atoms with Crippen molar-refractivity contribution in [3.8, 4) is 0 Å². The van der Waals surface area contributed by atoms with Gasteiger partial charge in [-0.2, -0.15) is 0 Å². The van der Waals surface area contributed by atoms with Gasteiger partial charge in [-0.05, 0) is 31.7 Å². The molecule has 1 unspecified atom stereocenters. The molecule has 1 saturated carbocycles. The molecular weight excluding hydrogens is 266 g/mol. The van der Waals surface area contributed by atoms with E-state index in [-0.39, 0.29) is 5.91 Å². The van der Waals surface area contributed by atoms with E-state index in [2.05, 4.69) is 11.4 Å². The molecule has 1 amide bonds. The van der Waals surface area contributed by atoms with Crippen molar-refractivity contribution in [3.63, 3.8) is 0 Å². The topological polar surface area (TPSA) is 66.4 Å². The maximum Gasteiger partial charge on any atom is 0.306 e. The molecule has 0 aromatic heterocycles. The van der Waals surface area contributed by atoms with Crippen LogP contribution in [0.15, 0.2) is 24.3 Å². The van der Waals surface area contributed by atoms with E-state index >= 15 is 0 Å². The summed E-state index contributed by atoms with van der Waals surface area (Å²) in [5.74, 6) is -1.21. The zero-order valence-corrected chi connectivity index (χ0v) is 12.7. The van der Waals surface area contributed by atoms with Gasteiger partial charge in [0.05, 0.1) is 11.3 Å². The van der Waals surface area contributed by atoms with E-state index < -0.39 is 17.3 Å². The van der Waals surface area contributed by atoms with Crippen molar-refractivity contribution in [2.75, 3.05) is 6.54 Å². The van der Waals surface area contributed by atoms with Crippen LogP contribution in [0.5, 0.6) is 0 Å². The molecule has 2 rings (SSSR count). The largest absolute Gasteiger partial charge is 0.481 e. The van der Waals surface area contributed by atoms with Crippen molar-refractivity contribution >= 4 is 11.9 Å². The maximum atomic E-state index is 12.6. The van der Waals surface area contributed by atoms with Gasteiger partial charge >= 0.3 is 5.97 Å². The fraction of sp³-hybridized carbons (Fsp3) is 0.529. The molecule has 0 heterocycles. The number of nitrogens with one attached hydrogen (secondary N) is 1. The summed E-state index contributed by atoms with van der Waals surface area (Å²) < 4.78 is 0. The second-order valence-electron chi connectivity index (χ2n) is 6.09. The average Bonchev–Trinajstić information content (AvgIpc) is 2.37. The van der Waals surface area contributed by atoms with E-state index in [1.54, 1.807) is 6.92 Å². The first-order valence-electron chi connectivity index (χ1n) is 7.54. The monoisotopic (exact) mass is 289 g/mol. The van der Waals surface area contributed by atoms with Crippen LogP contribution in [0.4, 0.5) is 0 Å². The van der Waals surface area contributed by atoms with Crippen molar-refractivity contribution in [1.82, 2.24) is 5.32 Å². The summed E-state index contributed by atoms with van der Waals surface area (Å²) in [5, 5.41) is 11.8. The molecule has 1 aliphatic rings. The number of benzene rings is 1. The number of hydrogen-bond acceptors (Lipinski definition) is 2. The smallest absolute Gasteiger partial charge is 0.306 e. The van der Waals surface area contributed by atoms with Crippen LogP contribution in [0.25, 0.3) is 0 Å². The lowest BCUT2D eigenvalue weighted by Gasteiger charge is -2.41. The van der Waals surface area contributed by atoms with Crippen molar-refractivity contribution < 1.29 is 14.7 Å². The highest BCUT2D eigenvalue weighted by molar-refractivity contribution is 5.89. The third-order valence-corrected chi connectivity index (χ3v) is 4.50. The molecule has 0 bridgehead atoms. The minimum Gasteiger partial charge on any atom is -0.481 e. The Morgan fingerprint density at radius 3 is 2.62 bits per heavy atom. The standard InChI is InChI=1S/C17H23NO3/c1-12-5-3-6-14(11-12)17(8-4-9-17)16(21)18-10-7-13(2)15(19)20/h3,5-6,11,13H,4,7-10H2,1-2H3,(H,18,21)(H,19,20). The molecule has 0 radical (unpaired) electrons. The van der Waals surface area contributed by atoms with Gasteiger partial charge in [0.25, 0.3) is 0 Å². The number of carbonyl (C=O) groups excluding carboxylic acids is 1. The highest BCUT2D eigenvalue weighted by Crippen LogP contribution is 2.44. The zero-order valence-electron chi connectivity index (χ0n) is 12.7. The van der Waals surface area contributed by atoms with Crippen LogP contribution in [0.3, 0.4) is 0 Å². The van der Waals surface area contributed by atoms with Crippen molar-refractivity contribution in [1.29, 1.82) is 0 Å². The van der Waals surface area contributed by atoms with E-state index in [1.165, 1.54) is 0 Å². The molecular formula is C17H23NO3. The average molecular weight is 289 g/mol. The lowest BCUT2D eigenvalue weighted by atomic mass is 9.63. The molecule has 1 atom stereocenters. The first kappa shape index (κ1) is 15.5. The van der Waals surface area contributed by atoms with Crippen LogP contribution in [0.1, 0.15) is 43.7 Å². The summed E-state index contributed by atoms with van der Waals surface area (Å²) in [6, 6.07) is 8.12. The third kappa shape index (κ3) is 3.26. The normalized spacial score (nSPS) is 17.6. The molecule has 1 aromatic rings. The molecule has 1 fully saturated rings. The van der Waals surface area contributed by atoms with Crippen LogP contribution in [0.2, 0.25) is 0 Å². The Morgan fingerprint density at radius 2 is 2.10 bits per heavy atom. The molecule has 114 valence electrons. The number of hydrogen-bond donors (Lipinski definition) is 2. The lowest BCUT2D eigenvalue weighted by molar-refractivity contribution is -0.141. The molecule has 1 aliphatic carbocycles.